The minimum absolute atomic E-state index is 0.353. The normalized spacial score (nSPS) is 11.1. The van der Waals surface area contributed by atoms with Crippen LogP contribution in [0.2, 0.25) is 0 Å². The van der Waals surface area contributed by atoms with Gasteiger partial charge in [0.15, 0.2) is 0 Å². The van der Waals surface area contributed by atoms with Gasteiger partial charge in [0, 0.05) is 12.2 Å². The summed E-state index contributed by atoms with van der Waals surface area (Å²) in [5.41, 5.74) is 1.64. The molecule has 0 aliphatic heterocycles. The first kappa shape index (κ1) is 15.7. The Morgan fingerprint density at radius 3 is 2.15 bits per heavy atom. The first-order chi connectivity index (χ1) is 9.61. The van der Waals surface area contributed by atoms with Crippen LogP contribution < -0.4 is 0 Å². The molecule has 0 radical (unpaired) electrons. The molecule has 0 aromatic heterocycles. The van der Waals surface area contributed by atoms with Gasteiger partial charge in [0.25, 0.3) is 0 Å². The molecule has 1 rings (SSSR count). The van der Waals surface area contributed by atoms with Crippen LogP contribution in [0.5, 0.6) is 0 Å². The molecule has 1 aromatic rings. The van der Waals surface area contributed by atoms with Crippen molar-refractivity contribution >= 4 is 24.1 Å². The molecule has 0 saturated heterocycles. The summed E-state index contributed by atoms with van der Waals surface area (Å²) in [6.45, 7) is 2.47. The summed E-state index contributed by atoms with van der Waals surface area (Å²) in [7, 11) is 0. The van der Waals surface area contributed by atoms with Crippen molar-refractivity contribution in [3.05, 3.63) is 47.5 Å². The molecule has 1 aromatic carbocycles. The molecule has 0 heterocycles. The molecule has 0 atom stereocenters. The van der Waals surface area contributed by atoms with E-state index in [0.717, 1.165) is 30.0 Å². The van der Waals surface area contributed by atoms with Gasteiger partial charge in [-0.15, -0.1) is 0 Å². The minimum Gasteiger partial charge on any atom is -0.478 e. The van der Waals surface area contributed by atoms with E-state index in [9.17, 15) is 9.59 Å². The molecule has 0 aliphatic carbocycles. The summed E-state index contributed by atoms with van der Waals surface area (Å²) in [5, 5.41) is 8.51. The lowest BCUT2D eigenvalue weighted by atomic mass is 10.1. The topological polar surface area (TPSA) is 63.6 Å². The lowest BCUT2D eigenvalue weighted by Crippen LogP contribution is -2.01. The number of carbonyl (C=O) groups excluding carboxylic acids is 1. The van der Waals surface area contributed by atoms with Crippen molar-refractivity contribution in [2.45, 2.75) is 19.8 Å². The zero-order chi connectivity index (χ0) is 14.8. The highest BCUT2D eigenvalue weighted by Gasteiger charge is 1.96. The number of unbranched alkanes of at least 4 members (excludes halogenated alkanes) is 1. The Hall–Kier alpha value is -2.36. The van der Waals surface area contributed by atoms with Gasteiger partial charge in [0.2, 0.25) is 0 Å². The molecule has 4 heteroatoms. The Labute approximate surface area is 118 Å². The third-order valence-corrected chi connectivity index (χ3v) is 2.51. The van der Waals surface area contributed by atoms with E-state index in [1.807, 2.05) is 6.92 Å². The second kappa shape index (κ2) is 8.69. The van der Waals surface area contributed by atoms with Gasteiger partial charge in [-0.25, -0.2) is 9.59 Å². The van der Waals surface area contributed by atoms with Gasteiger partial charge >= 0.3 is 11.9 Å². The molecule has 0 spiro atoms. The molecular weight excluding hydrogens is 256 g/mol. The molecular formula is C16H18O4. The van der Waals surface area contributed by atoms with Crippen molar-refractivity contribution in [2.24, 2.45) is 0 Å². The number of hydrogen-bond acceptors (Lipinski definition) is 3. The predicted octanol–water partition coefficient (Wildman–Crippen LogP) is 3.14. The van der Waals surface area contributed by atoms with Gasteiger partial charge < -0.3 is 9.84 Å². The number of esters is 1. The Morgan fingerprint density at radius 1 is 1.10 bits per heavy atom. The van der Waals surface area contributed by atoms with Crippen LogP contribution in [0.25, 0.3) is 12.2 Å². The van der Waals surface area contributed by atoms with E-state index in [2.05, 4.69) is 0 Å². The van der Waals surface area contributed by atoms with Gasteiger partial charge in [-0.1, -0.05) is 37.6 Å². The van der Waals surface area contributed by atoms with Gasteiger partial charge in [0.05, 0.1) is 6.61 Å². The van der Waals surface area contributed by atoms with E-state index in [-0.39, 0.29) is 5.97 Å². The lowest BCUT2D eigenvalue weighted by molar-refractivity contribution is -0.137. The third-order valence-electron chi connectivity index (χ3n) is 2.51. The average molecular weight is 274 g/mol. The number of carbonyl (C=O) groups is 2. The monoisotopic (exact) mass is 274 g/mol. The van der Waals surface area contributed by atoms with Crippen LogP contribution in [-0.4, -0.2) is 23.7 Å². The van der Waals surface area contributed by atoms with E-state index in [1.54, 1.807) is 30.3 Å². The first-order valence-corrected chi connectivity index (χ1v) is 6.47. The fourth-order valence-electron chi connectivity index (χ4n) is 1.42. The fourth-order valence-corrected chi connectivity index (χ4v) is 1.42. The molecule has 0 fully saturated rings. The molecule has 106 valence electrons. The van der Waals surface area contributed by atoms with Crippen LogP contribution in [-0.2, 0) is 14.3 Å². The maximum absolute atomic E-state index is 11.4. The summed E-state index contributed by atoms with van der Waals surface area (Å²) in [4.78, 5) is 21.7. The SMILES string of the molecule is CCCCOC(=O)C=Cc1ccc(C=CC(=O)O)cc1. The smallest absolute Gasteiger partial charge is 0.330 e. The molecule has 1 N–H and O–H groups in total. The summed E-state index contributed by atoms with van der Waals surface area (Å²) in [6, 6.07) is 7.16. The van der Waals surface area contributed by atoms with E-state index in [1.165, 1.54) is 12.2 Å². The highest BCUT2D eigenvalue weighted by Crippen LogP contribution is 2.08. The van der Waals surface area contributed by atoms with Gasteiger partial charge in [-0.05, 0) is 29.7 Å². The minimum atomic E-state index is -0.983. The first-order valence-electron chi connectivity index (χ1n) is 6.47. The van der Waals surface area contributed by atoms with Crippen molar-refractivity contribution in [3.8, 4) is 0 Å². The standard InChI is InChI=1S/C16H18O4/c1-2-3-12-20-16(19)11-9-14-6-4-13(5-7-14)8-10-15(17)18/h4-11H,2-3,12H2,1H3,(H,17,18). The Kier molecular flexibility index (Phi) is 6.82. The molecule has 0 unspecified atom stereocenters. The van der Waals surface area contributed by atoms with E-state index >= 15 is 0 Å². The number of aliphatic carboxylic acids is 1. The van der Waals surface area contributed by atoms with Crippen LogP contribution in [0.15, 0.2) is 36.4 Å². The van der Waals surface area contributed by atoms with Crippen LogP contribution >= 0.6 is 0 Å². The summed E-state index contributed by atoms with van der Waals surface area (Å²) < 4.78 is 4.99. The molecule has 0 bridgehead atoms. The molecule has 0 amide bonds. The molecule has 0 saturated carbocycles. The van der Waals surface area contributed by atoms with E-state index in [4.69, 9.17) is 9.84 Å². The number of carboxylic acid groups (broad SMARTS) is 1. The van der Waals surface area contributed by atoms with E-state index < -0.39 is 5.97 Å². The molecule has 4 nitrogen and oxygen atoms in total. The predicted molar refractivity (Wildman–Crippen MR) is 78.0 cm³/mol. The second-order valence-electron chi connectivity index (χ2n) is 4.19. The zero-order valence-electron chi connectivity index (χ0n) is 11.4. The van der Waals surface area contributed by atoms with Crippen LogP contribution in [0, 0.1) is 0 Å². The average Bonchev–Trinajstić information content (AvgIpc) is 2.44. The van der Waals surface area contributed by atoms with Crippen molar-refractivity contribution < 1.29 is 19.4 Å². The van der Waals surface area contributed by atoms with Gasteiger partial charge in [0.1, 0.15) is 0 Å². The summed E-state index contributed by atoms with van der Waals surface area (Å²) in [6.07, 6.45) is 7.49. The number of rotatable bonds is 7. The van der Waals surface area contributed by atoms with Crippen molar-refractivity contribution in [1.29, 1.82) is 0 Å². The fraction of sp³-hybridized carbons (Fsp3) is 0.250. The van der Waals surface area contributed by atoms with Crippen molar-refractivity contribution in [1.82, 2.24) is 0 Å². The number of benzene rings is 1. The highest BCUT2D eigenvalue weighted by molar-refractivity contribution is 5.87. The van der Waals surface area contributed by atoms with Crippen molar-refractivity contribution in [2.75, 3.05) is 6.61 Å². The quantitative estimate of drug-likeness (QED) is 0.471. The van der Waals surface area contributed by atoms with Crippen LogP contribution in [0.1, 0.15) is 30.9 Å². The van der Waals surface area contributed by atoms with Gasteiger partial charge in [-0.3, -0.25) is 0 Å². The second-order valence-corrected chi connectivity index (χ2v) is 4.19. The Morgan fingerprint density at radius 2 is 1.65 bits per heavy atom. The number of hydrogen-bond donors (Lipinski definition) is 1. The maximum atomic E-state index is 11.4. The van der Waals surface area contributed by atoms with Crippen LogP contribution in [0.4, 0.5) is 0 Å². The lowest BCUT2D eigenvalue weighted by Gasteiger charge is -1.99. The summed E-state index contributed by atoms with van der Waals surface area (Å²) in [5.74, 6) is -1.34. The van der Waals surface area contributed by atoms with Gasteiger partial charge in [-0.2, -0.15) is 0 Å². The zero-order valence-corrected chi connectivity index (χ0v) is 11.4. The Bertz CT molecular complexity index is 498. The maximum Gasteiger partial charge on any atom is 0.330 e. The number of carboxylic acids is 1. The Balaban J connectivity index is 2.52. The molecule has 0 aliphatic rings. The van der Waals surface area contributed by atoms with Crippen molar-refractivity contribution in [3.63, 3.8) is 0 Å². The largest absolute Gasteiger partial charge is 0.478 e. The van der Waals surface area contributed by atoms with Crippen LogP contribution in [0.3, 0.4) is 0 Å². The van der Waals surface area contributed by atoms with E-state index in [0.29, 0.717) is 6.61 Å². The highest BCUT2D eigenvalue weighted by atomic mass is 16.5. The summed E-state index contributed by atoms with van der Waals surface area (Å²) >= 11 is 0. The molecule has 20 heavy (non-hydrogen) atoms. The third kappa shape index (κ3) is 6.54. The number of ether oxygens (including phenoxy) is 1.